The number of allylic oxidation sites excluding steroid dienone is 5. The Morgan fingerprint density at radius 1 is 1.10 bits per heavy atom. The summed E-state index contributed by atoms with van der Waals surface area (Å²) in [5.41, 5.74) is 0.503. The number of terminal acetylenes is 1. The van der Waals surface area contributed by atoms with Gasteiger partial charge in [-0.2, -0.15) is 4.90 Å². The van der Waals surface area contributed by atoms with Gasteiger partial charge in [-0.3, -0.25) is 0 Å². The number of amides is 2. The van der Waals surface area contributed by atoms with Crippen molar-refractivity contribution in [1.29, 1.82) is 0 Å². The lowest BCUT2D eigenvalue weighted by Crippen LogP contribution is -2.44. The Morgan fingerprint density at radius 3 is 2.00 bits per heavy atom. The third-order valence-corrected chi connectivity index (χ3v) is 3.29. The topological polar surface area (TPSA) is 81.6 Å². The first kappa shape index (κ1) is 25.6. The van der Waals surface area contributed by atoms with Gasteiger partial charge < -0.3 is 9.47 Å². The average molecular weight is 426 g/mol. The van der Waals surface area contributed by atoms with E-state index in [4.69, 9.17) is 15.9 Å². The summed E-state index contributed by atoms with van der Waals surface area (Å²) < 4.78 is 10.7. The van der Waals surface area contributed by atoms with E-state index in [2.05, 4.69) is 22.5 Å². The Hall–Kier alpha value is -3.40. The SMILES string of the molecule is C#Cc1nc(/C(C=C(C)C)=C/C=C)cnc1N(C(=O)OC(C)(C)C)C(=O)OC(C)(C)C. The van der Waals surface area contributed by atoms with Crippen LogP contribution in [0.3, 0.4) is 0 Å². The molecule has 0 atom stereocenters. The zero-order valence-electron chi connectivity index (χ0n) is 19.6. The van der Waals surface area contributed by atoms with E-state index in [-0.39, 0.29) is 11.5 Å². The van der Waals surface area contributed by atoms with Crippen LogP contribution in [-0.4, -0.2) is 33.4 Å². The fourth-order valence-electron chi connectivity index (χ4n) is 2.29. The Balaban J connectivity index is 3.61. The van der Waals surface area contributed by atoms with Crippen LogP contribution in [0.25, 0.3) is 5.57 Å². The normalized spacial score (nSPS) is 11.8. The second-order valence-corrected chi connectivity index (χ2v) is 8.95. The number of hydrogen-bond acceptors (Lipinski definition) is 6. The number of hydrogen-bond donors (Lipinski definition) is 0. The van der Waals surface area contributed by atoms with E-state index < -0.39 is 23.4 Å². The fourth-order valence-corrected chi connectivity index (χ4v) is 2.29. The lowest BCUT2D eigenvalue weighted by atomic mass is 10.1. The summed E-state index contributed by atoms with van der Waals surface area (Å²) in [5, 5.41) is 0. The van der Waals surface area contributed by atoms with Crippen LogP contribution < -0.4 is 4.90 Å². The molecule has 0 spiro atoms. The Labute approximate surface area is 184 Å². The molecule has 0 aliphatic rings. The zero-order valence-corrected chi connectivity index (χ0v) is 19.6. The van der Waals surface area contributed by atoms with E-state index >= 15 is 0 Å². The molecule has 1 heterocycles. The van der Waals surface area contributed by atoms with Crippen molar-refractivity contribution in [3.05, 3.63) is 48.0 Å². The number of carbonyl (C=O) groups excluding carboxylic acids is 2. The third-order valence-electron chi connectivity index (χ3n) is 3.29. The number of aromatic nitrogens is 2. The number of anilines is 1. The summed E-state index contributed by atoms with van der Waals surface area (Å²) in [6, 6.07) is 0. The van der Waals surface area contributed by atoms with Gasteiger partial charge in [-0.1, -0.05) is 30.4 Å². The van der Waals surface area contributed by atoms with Gasteiger partial charge in [-0.15, -0.1) is 6.42 Å². The molecule has 0 aromatic carbocycles. The highest BCUT2D eigenvalue weighted by Crippen LogP contribution is 2.24. The monoisotopic (exact) mass is 425 g/mol. The molecule has 0 fully saturated rings. The lowest BCUT2D eigenvalue weighted by Gasteiger charge is -2.28. The number of rotatable bonds is 4. The molecule has 0 saturated heterocycles. The van der Waals surface area contributed by atoms with Crippen LogP contribution in [0.15, 0.2) is 36.6 Å². The molecule has 2 amide bonds. The van der Waals surface area contributed by atoms with Crippen LogP contribution in [-0.2, 0) is 9.47 Å². The standard InChI is InChI=1S/C24H31N3O4/c1-11-13-17(14-16(3)4)19-15-25-20(18(12-2)26-19)27(21(28)30-23(5,6)7)22(29)31-24(8,9)10/h2,11,13-15H,1H2,3-10H3/b17-13+. The second-order valence-electron chi connectivity index (χ2n) is 8.95. The Morgan fingerprint density at radius 2 is 1.61 bits per heavy atom. The van der Waals surface area contributed by atoms with Gasteiger partial charge in [0.25, 0.3) is 0 Å². The summed E-state index contributed by atoms with van der Waals surface area (Å²) in [6.45, 7) is 17.7. The van der Waals surface area contributed by atoms with Gasteiger partial charge >= 0.3 is 12.2 Å². The fraction of sp³-hybridized carbons (Fsp3) is 0.417. The summed E-state index contributed by atoms with van der Waals surface area (Å²) in [5.74, 6) is 2.25. The zero-order chi connectivity index (χ0) is 24.0. The molecule has 0 bridgehead atoms. The molecule has 1 aromatic rings. The minimum absolute atomic E-state index is 0.00802. The highest BCUT2D eigenvalue weighted by atomic mass is 16.6. The van der Waals surface area contributed by atoms with E-state index in [9.17, 15) is 9.59 Å². The van der Waals surface area contributed by atoms with Crippen molar-refractivity contribution in [3.63, 3.8) is 0 Å². The van der Waals surface area contributed by atoms with Gasteiger partial charge in [0.15, 0.2) is 11.5 Å². The number of ether oxygens (including phenoxy) is 2. The van der Waals surface area contributed by atoms with Gasteiger partial charge in [0.2, 0.25) is 0 Å². The van der Waals surface area contributed by atoms with Crippen LogP contribution in [0, 0.1) is 12.3 Å². The predicted octanol–water partition coefficient (Wildman–Crippen LogP) is 5.67. The van der Waals surface area contributed by atoms with Crippen molar-refractivity contribution in [2.75, 3.05) is 4.90 Å². The van der Waals surface area contributed by atoms with E-state index in [0.717, 1.165) is 11.1 Å². The minimum Gasteiger partial charge on any atom is -0.443 e. The molecule has 7 nitrogen and oxygen atoms in total. The van der Waals surface area contributed by atoms with E-state index in [1.54, 1.807) is 53.7 Å². The summed E-state index contributed by atoms with van der Waals surface area (Å²) in [6.07, 6.45) is 10.4. The highest BCUT2D eigenvalue weighted by Gasteiger charge is 2.35. The van der Waals surface area contributed by atoms with Crippen molar-refractivity contribution >= 4 is 23.6 Å². The first-order valence-electron chi connectivity index (χ1n) is 9.76. The predicted molar refractivity (Wildman–Crippen MR) is 123 cm³/mol. The quantitative estimate of drug-likeness (QED) is 0.457. The van der Waals surface area contributed by atoms with Gasteiger partial charge in [-0.25, -0.2) is 19.6 Å². The summed E-state index contributed by atoms with van der Waals surface area (Å²) in [4.78, 5) is 35.1. The third kappa shape index (κ3) is 8.09. The van der Waals surface area contributed by atoms with Gasteiger partial charge in [0, 0.05) is 5.57 Å². The minimum atomic E-state index is -0.966. The van der Waals surface area contributed by atoms with Crippen molar-refractivity contribution in [2.45, 2.75) is 66.6 Å². The maximum absolute atomic E-state index is 12.9. The van der Waals surface area contributed by atoms with E-state index in [0.29, 0.717) is 10.6 Å². The molecule has 1 aromatic heterocycles. The van der Waals surface area contributed by atoms with Crippen molar-refractivity contribution in [3.8, 4) is 12.3 Å². The molecule has 166 valence electrons. The second kappa shape index (κ2) is 10.1. The van der Waals surface area contributed by atoms with Crippen LogP contribution in [0.2, 0.25) is 0 Å². The summed E-state index contributed by atoms with van der Waals surface area (Å²) >= 11 is 0. The van der Waals surface area contributed by atoms with E-state index in [1.807, 2.05) is 19.9 Å². The first-order chi connectivity index (χ1) is 14.2. The van der Waals surface area contributed by atoms with Crippen LogP contribution >= 0.6 is 0 Å². The Bertz CT molecular complexity index is 923. The van der Waals surface area contributed by atoms with Gasteiger partial charge in [0.05, 0.1) is 11.9 Å². The van der Waals surface area contributed by atoms with Crippen molar-refractivity contribution < 1.29 is 19.1 Å². The van der Waals surface area contributed by atoms with Crippen LogP contribution in [0.1, 0.15) is 66.8 Å². The molecule has 0 radical (unpaired) electrons. The molecule has 0 aliphatic heterocycles. The molecule has 0 saturated carbocycles. The molecule has 0 N–H and O–H groups in total. The summed E-state index contributed by atoms with van der Waals surface area (Å²) in [7, 11) is 0. The van der Waals surface area contributed by atoms with Crippen LogP contribution in [0.4, 0.5) is 15.4 Å². The molecular weight excluding hydrogens is 394 g/mol. The molecule has 7 heteroatoms. The number of nitrogens with zero attached hydrogens (tertiary/aromatic N) is 3. The average Bonchev–Trinajstić information content (AvgIpc) is 2.58. The van der Waals surface area contributed by atoms with E-state index in [1.165, 1.54) is 6.20 Å². The number of carbonyl (C=O) groups is 2. The largest absolute Gasteiger partial charge is 0.443 e. The van der Waals surface area contributed by atoms with Crippen molar-refractivity contribution in [2.24, 2.45) is 0 Å². The Kier molecular flexibility index (Phi) is 8.33. The van der Waals surface area contributed by atoms with Gasteiger partial charge in [0.1, 0.15) is 11.2 Å². The number of imide groups is 1. The molecule has 1 rings (SSSR count). The highest BCUT2D eigenvalue weighted by molar-refractivity contribution is 6.09. The first-order valence-corrected chi connectivity index (χ1v) is 9.76. The molecule has 0 aliphatic carbocycles. The molecular formula is C24H31N3O4. The van der Waals surface area contributed by atoms with Crippen LogP contribution in [0.5, 0.6) is 0 Å². The molecule has 31 heavy (non-hydrogen) atoms. The lowest BCUT2D eigenvalue weighted by molar-refractivity contribution is 0.0428. The van der Waals surface area contributed by atoms with Crippen molar-refractivity contribution in [1.82, 2.24) is 9.97 Å². The smallest absolute Gasteiger partial charge is 0.425 e. The maximum Gasteiger partial charge on any atom is 0.425 e. The molecule has 0 unspecified atom stereocenters. The maximum atomic E-state index is 12.9. The van der Waals surface area contributed by atoms with Gasteiger partial charge in [-0.05, 0) is 61.3 Å².